The second kappa shape index (κ2) is 9.02. The first-order chi connectivity index (χ1) is 15.4. The van der Waals surface area contributed by atoms with Gasteiger partial charge in [-0.3, -0.25) is 4.98 Å². The van der Waals surface area contributed by atoms with Gasteiger partial charge in [0.15, 0.2) is 5.65 Å². The van der Waals surface area contributed by atoms with Crippen molar-refractivity contribution in [2.45, 2.75) is 51.7 Å². The summed E-state index contributed by atoms with van der Waals surface area (Å²) in [5.74, 6) is 1.36. The van der Waals surface area contributed by atoms with Gasteiger partial charge in [-0.05, 0) is 58.2 Å². The van der Waals surface area contributed by atoms with E-state index < -0.39 is 5.60 Å². The fourth-order valence-corrected chi connectivity index (χ4v) is 3.90. The molecule has 0 spiro atoms. The van der Waals surface area contributed by atoms with E-state index in [1.165, 1.54) is 0 Å². The number of pyridine rings is 1. The van der Waals surface area contributed by atoms with Crippen LogP contribution in [-0.2, 0) is 4.74 Å². The van der Waals surface area contributed by atoms with E-state index in [0.717, 1.165) is 36.2 Å². The topological polar surface area (TPSA) is 93.9 Å². The van der Waals surface area contributed by atoms with Crippen LogP contribution in [0.25, 0.3) is 16.9 Å². The number of aromatic nitrogens is 4. The number of ether oxygens (including phenoxy) is 2. The van der Waals surface area contributed by atoms with Crippen molar-refractivity contribution >= 4 is 17.6 Å². The molecule has 1 amide bonds. The molecule has 1 aliphatic heterocycles. The largest absolute Gasteiger partial charge is 0.494 e. The molecule has 0 aliphatic carbocycles. The summed E-state index contributed by atoms with van der Waals surface area (Å²) in [6, 6.07) is 5.75. The normalized spacial score (nSPS) is 16.8. The number of nitrogens with one attached hydrogen (secondary N) is 1. The van der Waals surface area contributed by atoms with Gasteiger partial charge in [0, 0.05) is 24.8 Å². The van der Waals surface area contributed by atoms with Crippen LogP contribution in [0, 0.1) is 0 Å². The van der Waals surface area contributed by atoms with Gasteiger partial charge >= 0.3 is 6.09 Å². The van der Waals surface area contributed by atoms with Crippen molar-refractivity contribution < 1.29 is 14.3 Å². The SMILES string of the molecule is COc1cnccc1-c1cnc2ccc(NC[C@@H]3CCCCN3C(=O)OC(C)(C)C)nn12. The molecule has 1 atom stereocenters. The predicted molar refractivity (Wildman–Crippen MR) is 122 cm³/mol. The maximum absolute atomic E-state index is 12.7. The van der Waals surface area contributed by atoms with Crippen molar-refractivity contribution in [2.75, 3.05) is 25.5 Å². The number of rotatable bonds is 5. The number of fused-ring (bicyclic) bond motifs is 1. The number of methoxy groups -OCH3 is 1. The van der Waals surface area contributed by atoms with Crippen LogP contribution in [0.15, 0.2) is 36.8 Å². The zero-order chi connectivity index (χ0) is 22.7. The number of nitrogens with zero attached hydrogens (tertiary/aromatic N) is 5. The second-order valence-corrected chi connectivity index (χ2v) is 8.91. The average molecular weight is 439 g/mol. The van der Waals surface area contributed by atoms with Crippen LogP contribution in [0.2, 0.25) is 0 Å². The monoisotopic (exact) mass is 438 g/mol. The van der Waals surface area contributed by atoms with Crippen molar-refractivity contribution in [3.05, 3.63) is 36.8 Å². The summed E-state index contributed by atoms with van der Waals surface area (Å²) in [6.45, 7) is 6.98. The lowest BCUT2D eigenvalue weighted by atomic mass is 10.0. The summed E-state index contributed by atoms with van der Waals surface area (Å²) in [7, 11) is 1.62. The highest BCUT2D eigenvalue weighted by Crippen LogP contribution is 2.29. The van der Waals surface area contributed by atoms with Crippen LogP contribution in [0.5, 0.6) is 5.75 Å². The highest BCUT2D eigenvalue weighted by Gasteiger charge is 2.30. The van der Waals surface area contributed by atoms with E-state index in [9.17, 15) is 4.79 Å². The molecule has 1 aliphatic rings. The predicted octanol–water partition coefficient (Wildman–Crippen LogP) is 4.00. The first kappa shape index (κ1) is 21.9. The van der Waals surface area contributed by atoms with Crippen LogP contribution in [-0.4, -0.2) is 62.4 Å². The van der Waals surface area contributed by atoms with E-state index >= 15 is 0 Å². The number of piperidine rings is 1. The molecule has 9 heteroatoms. The minimum Gasteiger partial charge on any atom is -0.494 e. The summed E-state index contributed by atoms with van der Waals surface area (Å²) in [4.78, 5) is 23.1. The Labute approximate surface area is 187 Å². The molecule has 1 fully saturated rings. The van der Waals surface area contributed by atoms with E-state index in [1.807, 2.05) is 43.9 Å². The van der Waals surface area contributed by atoms with Gasteiger partial charge in [-0.1, -0.05) is 0 Å². The molecule has 0 unspecified atom stereocenters. The Hall–Kier alpha value is -3.36. The van der Waals surface area contributed by atoms with Crippen LogP contribution in [0.4, 0.5) is 10.6 Å². The number of amides is 1. The van der Waals surface area contributed by atoms with E-state index in [2.05, 4.69) is 15.3 Å². The Morgan fingerprint density at radius 2 is 2.06 bits per heavy atom. The molecule has 0 radical (unpaired) electrons. The molecule has 0 bridgehead atoms. The fraction of sp³-hybridized carbons (Fsp3) is 0.478. The standard InChI is InChI=1S/C23H30N6O3/c1-23(2,3)32-22(30)28-12-6-5-7-16(28)13-25-20-8-9-21-26-14-18(29(21)27-20)17-10-11-24-15-19(17)31-4/h8-11,14-16H,5-7,12-13H2,1-4H3,(H,25,27)/t16-/m0/s1. The zero-order valence-electron chi connectivity index (χ0n) is 19.0. The molecule has 4 heterocycles. The van der Waals surface area contributed by atoms with Crippen molar-refractivity contribution in [1.82, 2.24) is 24.5 Å². The van der Waals surface area contributed by atoms with E-state index in [0.29, 0.717) is 24.7 Å². The number of hydrogen-bond donors (Lipinski definition) is 1. The van der Waals surface area contributed by atoms with Crippen molar-refractivity contribution in [1.29, 1.82) is 0 Å². The molecule has 1 N–H and O–H groups in total. The van der Waals surface area contributed by atoms with Crippen LogP contribution >= 0.6 is 0 Å². The summed E-state index contributed by atoms with van der Waals surface area (Å²) < 4.78 is 12.8. The lowest BCUT2D eigenvalue weighted by molar-refractivity contribution is 0.0114. The number of carbonyl (C=O) groups excluding carboxylic acids is 1. The molecule has 170 valence electrons. The average Bonchev–Trinajstić information content (AvgIpc) is 3.19. The molecular weight excluding hydrogens is 408 g/mol. The number of imidazole rings is 1. The number of likely N-dealkylation sites (tertiary alicyclic amines) is 1. The van der Waals surface area contributed by atoms with E-state index in [1.54, 1.807) is 30.2 Å². The molecule has 32 heavy (non-hydrogen) atoms. The molecule has 0 aromatic carbocycles. The molecule has 3 aromatic heterocycles. The van der Waals surface area contributed by atoms with Gasteiger partial charge in [0.05, 0.1) is 31.2 Å². The fourth-order valence-electron chi connectivity index (χ4n) is 3.90. The lowest BCUT2D eigenvalue weighted by Crippen LogP contribution is -2.49. The van der Waals surface area contributed by atoms with Gasteiger partial charge in [-0.25, -0.2) is 14.3 Å². The number of anilines is 1. The Morgan fingerprint density at radius 1 is 1.22 bits per heavy atom. The third-order valence-electron chi connectivity index (χ3n) is 5.42. The first-order valence-electron chi connectivity index (χ1n) is 10.9. The Bertz CT molecular complexity index is 1090. The van der Waals surface area contributed by atoms with Crippen molar-refractivity contribution in [2.24, 2.45) is 0 Å². The third-order valence-corrected chi connectivity index (χ3v) is 5.42. The summed E-state index contributed by atoms with van der Waals surface area (Å²) in [5.41, 5.74) is 1.90. The minimum atomic E-state index is -0.509. The van der Waals surface area contributed by atoms with Crippen LogP contribution in [0.3, 0.4) is 0 Å². The van der Waals surface area contributed by atoms with Crippen molar-refractivity contribution in [3.63, 3.8) is 0 Å². The molecule has 9 nitrogen and oxygen atoms in total. The molecular formula is C23H30N6O3. The summed E-state index contributed by atoms with van der Waals surface area (Å²) in [6.07, 6.45) is 7.92. The van der Waals surface area contributed by atoms with Crippen LogP contribution in [0.1, 0.15) is 40.0 Å². The summed E-state index contributed by atoms with van der Waals surface area (Å²) in [5, 5.41) is 8.13. The van der Waals surface area contributed by atoms with Gasteiger partial charge in [0.25, 0.3) is 0 Å². The van der Waals surface area contributed by atoms with Crippen LogP contribution < -0.4 is 10.1 Å². The lowest BCUT2D eigenvalue weighted by Gasteiger charge is -2.36. The highest BCUT2D eigenvalue weighted by molar-refractivity contribution is 5.69. The zero-order valence-corrected chi connectivity index (χ0v) is 19.0. The molecule has 1 saturated heterocycles. The number of hydrogen-bond acceptors (Lipinski definition) is 7. The van der Waals surface area contributed by atoms with Gasteiger partial charge in [0.2, 0.25) is 0 Å². The van der Waals surface area contributed by atoms with Crippen molar-refractivity contribution in [3.8, 4) is 17.0 Å². The summed E-state index contributed by atoms with van der Waals surface area (Å²) >= 11 is 0. The molecule has 4 rings (SSSR count). The maximum Gasteiger partial charge on any atom is 0.410 e. The Kier molecular flexibility index (Phi) is 6.16. The maximum atomic E-state index is 12.7. The molecule has 3 aromatic rings. The highest BCUT2D eigenvalue weighted by atomic mass is 16.6. The van der Waals surface area contributed by atoms with Gasteiger partial charge < -0.3 is 19.7 Å². The Morgan fingerprint density at radius 3 is 2.84 bits per heavy atom. The second-order valence-electron chi connectivity index (χ2n) is 8.91. The Balaban J connectivity index is 1.52. The smallest absolute Gasteiger partial charge is 0.410 e. The minimum absolute atomic E-state index is 0.0543. The van der Waals surface area contributed by atoms with Gasteiger partial charge in [-0.2, -0.15) is 0 Å². The van der Waals surface area contributed by atoms with E-state index in [-0.39, 0.29) is 12.1 Å². The quantitative estimate of drug-likeness (QED) is 0.643. The third kappa shape index (κ3) is 4.76. The molecule has 0 saturated carbocycles. The van der Waals surface area contributed by atoms with E-state index in [4.69, 9.17) is 14.6 Å². The first-order valence-corrected chi connectivity index (χ1v) is 10.9. The van der Waals surface area contributed by atoms with Gasteiger partial charge in [0.1, 0.15) is 17.2 Å². The number of carbonyl (C=O) groups is 1. The van der Waals surface area contributed by atoms with Gasteiger partial charge in [-0.15, -0.1) is 5.10 Å².